The molecule has 1 heterocycles. The Balaban J connectivity index is 0.000000343. The fourth-order valence-corrected chi connectivity index (χ4v) is 3.28. The monoisotopic (exact) mass is 456 g/mol. The Morgan fingerprint density at radius 3 is 2.23 bits per heavy atom. The number of aromatic nitrogens is 1. The van der Waals surface area contributed by atoms with Crippen LogP contribution in [0.5, 0.6) is 5.75 Å². The lowest BCUT2D eigenvalue weighted by Gasteiger charge is -2.19. The van der Waals surface area contributed by atoms with Crippen molar-refractivity contribution in [1.82, 2.24) is 4.98 Å². The Hall–Kier alpha value is -3.05. The summed E-state index contributed by atoms with van der Waals surface area (Å²) < 4.78 is 35.0. The van der Waals surface area contributed by atoms with Gasteiger partial charge in [0, 0.05) is 17.8 Å². The molecule has 11 heteroatoms. The average Bonchev–Trinajstić information content (AvgIpc) is 2.87. The van der Waals surface area contributed by atoms with E-state index in [0.717, 1.165) is 29.0 Å². The maximum atomic E-state index is 12.0. The summed E-state index contributed by atoms with van der Waals surface area (Å²) in [5.74, 6) is -1.78. The number of benzene rings is 1. The van der Waals surface area contributed by atoms with Gasteiger partial charge in [0.2, 0.25) is 0 Å². The molecule has 1 aromatic carbocycles. The molecular formula is C20H28N2O8S. The largest absolute Gasteiger partial charge is 0.506 e. The first-order chi connectivity index (χ1) is 14.0. The van der Waals surface area contributed by atoms with Crippen LogP contribution in [-0.2, 0) is 26.1 Å². The highest BCUT2D eigenvalue weighted by molar-refractivity contribution is 7.86. The number of carbonyl (C=O) groups excluding carboxylic acids is 1. The molecule has 0 aliphatic rings. The zero-order chi connectivity index (χ0) is 24.1. The third-order valence-corrected chi connectivity index (χ3v) is 4.93. The van der Waals surface area contributed by atoms with Gasteiger partial charge in [-0.05, 0) is 70.4 Å². The van der Waals surface area contributed by atoms with Crippen molar-refractivity contribution >= 4 is 27.7 Å². The van der Waals surface area contributed by atoms with Gasteiger partial charge in [-0.25, -0.2) is 4.79 Å². The summed E-state index contributed by atoms with van der Waals surface area (Å²) in [5.41, 5.74) is 7.72. The number of aromatic amines is 1. The van der Waals surface area contributed by atoms with E-state index in [4.69, 9.17) is 25.2 Å². The van der Waals surface area contributed by atoms with Crippen LogP contribution in [0.15, 0.2) is 23.1 Å². The van der Waals surface area contributed by atoms with Gasteiger partial charge in [0.15, 0.2) is 0 Å². The van der Waals surface area contributed by atoms with E-state index in [1.807, 2.05) is 6.92 Å². The second kappa shape index (κ2) is 9.84. The van der Waals surface area contributed by atoms with Gasteiger partial charge in [-0.1, -0.05) is 0 Å². The van der Waals surface area contributed by atoms with Gasteiger partial charge in [0.1, 0.15) is 21.9 Å². The van der Waals surface area contributed by atoms with E-state index >= 15 is 0 Å². The van der Waals surface area contributed by atoms with Crippen LogP contribution >= 0.6 is 0 Å². The van der Waals surface area contributed by atoms with Gasteiger partial charge >= 0.3 is 11.9 Å². The van der Waals surface area contributed by atoms with Crippen LogP contribution < -0.4 is 5.73 Å². The lowest BCUT2D eigenvalue weighted by molar-refractivity contribution is -0.136. The number of hydrogen-bond donors (Lipinski definition) is 5. The highest BCUT2D eigenvalue weighted by atomic mass is 32.2. The molecule has 0 saturated heterocycles. The van der Waals surface area contributed by atoms with Crippen LogP contribution in [0.3, 0.4) is 0 Å². The number of hydrogen-bond acceptors (Lipinski definition) is 7. The quantitative estimate of drug-likeness (QED) is 0.196. The third-order valence-electron chi connectivity index (χ3n) is 4.05. The average molecular weight is 457 g/mol. The van der Waals surface area contributed by atoms with E-state index in [1.165, 1.54) is 6.07 Å². The minimum Gasteiger partial charge on any atom is -0.506 e. The SMILES string of the molecule is Cc1[nH]c(C(=O)OC(C)(C)C)c(C)c1CCC(=O)O.Nc1ccc(O)c(S(=O)(=O)O)c1. The molecule has 10 nitrogen and oxygen atoms in total. The zero-order valence-electron chi connectivity index (χ0n) is 18.0. The molecule has 2 rings (SSSR count). The number of phenols is 1. The van der Waals surface area contributed by atoms with Crippen molar-refractivity contribution in [2.24, 2.45) is 0 Å². The highest BCUT2D eigenvalue weighted by Gasteiger charge is 2.23. The number of anilines is 1. The molecule has 0 unspecified atom stereocenters. The fourth-order valence-electron chi connectivity index (χ4n) is 2.67. The van der Waals surface area contributed by atoms with E-state index in [0.29, 0.717) is 12.1 Å². The maximum absolute atomic E-state index is 12.0. The number of ether oxygens (including phenoxy) is 1. The van der Waals surface area contributed by atoms with Crippen molar-refractivity contribution in [2.75, 3.05) is 5.73 Å². The molecule has 0 bridgehead atoms. The summed E-state index contributed by atoms with van der Waals surface area (Å²) in [4.78, 5) is 25.0. The second-order valence-electron chi connectivity index (χ2n) is 7.83. The fraction of sp³-hybridized carbons (Fsp3) is 0.400. The van der Waals surface area contributed by atoms with Crippen LogP contribution in [-0.4, -0.2) is 45.7 Å². The number of nitrogens with two attached hydrogens (primary N) is 1. The van der Waals surface area contributed by atoms with E-state index in [2.05, 4.69) is 4.98 Å². The number of aryl methyl sites for hydroxylation is 1. The molecular weight excluding hydrogens is 428 g/mol. The molecule has 0 aliphatic heterocycles. The molecule has 31 heavy (non-hydrogen) atoms. The Morgan fingerprint density at radius 1 is 1.19 bits per heavy atom. The minimum absolute atomic E-state index is 0.0489. The summed E-state index contributed by atoms with van der Waals surface area (Å²) in [6, 6.07) is 3.40. The number of aromatic hydroxyl groups is 1. The number of phenolic OH excluding ortho intramolecular Hbond substituents is 1. The summed E-state index contributed by atoms with van der Waals surface area (Å²) in [7, 11) is -4.39. The van der Waals surface area contributed by atoms with E-state index in [1.54, 1.807) is 27.7 Å². The Morgan fingerprint density at radius 2 is 1.77 bits per heavy atom. The number of nitrogen functional groups attached to an aromatic ring is 1. The predicted molar refractivity (Wildman–Crippen MR) is 114 cm³/mol. The van der Waals surface area contributed by atoms with Gasteiger partial charge in [-0.2, -0.15) is 8.42 Å². The number of aliphatic carboxylic acids is 1. The molecule has 0 saturated carbocycles. The van der Waals surface area contributed by atoms with E-state index in [-0.39, 0.29) is 12.1 Å². The molecule has 1 aromatic heterocycles. The summed E-state index contributed by atoms with van der Waals surface area (Å²) in [6.45, 7) is 9.06. The van der Waals surface area contributed by atoms with Crippen LogP contribution in [0.1, 0.15) is 54.5 Å². The van der Waals surface area contributed by atoms with Crippen LogP contribution in [0, 0.1) is 13.8 Å². The van der Waals surface area contributed by atoms with Gasteiger partial charge < -0.3 is 25.7 Å². The predicted octanol–water partition coefficient (Wildman–Crippen LogP) is 2.83. The van der Waals surface area contributed by atoms with E-state index in [9.17, 15) is 18.0 Å². The number of esters is 1. The van der Waals surface area contributed by atoms with Gasteiger partial charge in [0.25, 0.3) is 10.1 Å². The molecule has 0 atom stereocenters. The van der Waals surface area contributed by atoms with Crippen molar-refractivity contribution in [2.45, 2.75) is 58.0 Å². The first kappa shape index (κ1) is 26.0. The summed E-state index contributed by atoms with van der Waals surface area (Å²) >= 11 is 0. The molecule has 0 aliphatic carbocycles. The molecule has 2 aromatic rings. The molecule has 0 radical (unpaired) electrons. The number of carboxylic acids is 1. The number of rotatable bonds is 5. The van der Waals surface area contributed by atoms with E-state index < -0.39 is 38.3 Å². The zero-order valence-corrected chi connectivity index (χ0v) is 18.8. The molecule has 0 amide bonds. The summed E-state index contributed by atoms with van der Waals surface area (Å²) in [5, 5.41) is 17.7. The number of carbonyl (C=O) groups is 2. The first-order valence-electron chi connectivity index (χ1n) is 9.22. The maximum Gasteiger partial charge on any atom is 0.355 e. The van der Waals surface area contributed by atoms with Crippen LogP contribution in [0.4, 0.5) is 5.69 Å². The Bertz CT molecular complexity index is 1070. The van der Waals surface area contributed by atoms with Crippen LogP contribution in [0.2, 0.25) is 0 Å². The number of H-pyrrole nitrogens is 1. The number of carboxylic acid groups (broad SMARTS) is 1. The summed E-state index contributed by atoms with van der Waals surface area (Å²) in [6.07, 6.45) is 0.458. The number of nitrogens with one attached hydrogen (secondary N) is 1. The standard InChI is InChI=1S/C14H21NO4.C6H7NO4S/c1-8-10(6-7-11(16)17)9(2)15-12(8)13(18)19-14(3,4)5;7-4-1-2-5(8)6(3-4)12(9,10)11/h15H,6-7H2,1-5H3,(H,16,17);1-3,8H,7H2,(H,9,10,11). The van der Waals surface area contributed by atoms with Gasteiger partial charge in [0.05, 0.1) is 0 Å². The molecule has 0 spiro atoms. The Labute approximate surface area is 180 Å². The van der Waals surface area contributed by atoms with Gasteiger partial charge in [-0.3, -0.25) is 9.35 Å². The lowest BCUT2D eigenvalue weighted by Crippen LogP contribution is -2.24. The van der Waals surface area contributed by atoms with Crippen molar-refractivity contribution in [3.8, 4) is 5.75 Å². The van der Waals surface area contributed by atoms with Crippen molar-refractivity contribution < 1.29 is 37.5 Å². The third kappa shape index (κ3) is 7.95. The van der Waals surface area contributed by atoms with Crippen molar-refractivity contribution in [3.63, 3.8) is 0 Å². The topological polar surface area (TPSA) is 180 Å². The molecule has 0 fully saturated rings. The smallest absolute Gasteiger partial charge is 0.355 e. The van der Waals surface area contributed by atoms with Gasteiger partial charge in [-0.15, -0.1) is 0 Å². The highest BCUT2D eigenvalue weighted by Crippen LogP contribution is 2.24. The van der Waals surface area contributed by atoms with Crippen LogP contribution in [0.25, 0.3) is 0 Å². The molecule has 6 N–H and O–H groups in total. The normalized spacial score (nSPS) is 11.4. The lowest BCUT2D eigenvalue weighted by atomic mass is 10.0. The minimum atomic E-state index is -4.39. The second-order valence-corrected chi connectivity index (χ2v) is 9.22. The van der Waals surface area contributed by atoms with Crippen molar-refractivity contribution in [1.29, 1.82) is 0 Å². The van der Waals surface area contributed by atoms with Crippen molar-refractivity contribution in [3.05, 3.63) is 40.7 Å². The molecule has 172 valence electrons. The first-order valence-corrected chi connectivity index (χ1v) is 10.7. The Kier molecular flexibility index (Phi) is 8.25.